The van der Waals surface area contributed by atoms with Crippen molar-refractivity contribution in [3.63, 3.8) is 0 Å². The maximum atomic E-state index is 12.1. The van der Waals surface area contributed by atoms with Crippen LogP contribution >= 0.6 is 0 Å². The monoisotopic (exact) mass is 361 g/mol. The molecule has 0 aromatic heterocycles. The summed E-state index contributed by atoms with van der Waals surface area (Å²) in [4.78, 5) is 14.2. The Balaban J connectivity index is 1.76. The van der Waals surface area contributed by atoms with Gasteiger partial charge in [-0.2, -0.15) is 0 Å². The van der Waals surface area contributed by atoms with E-state index >= 15 is 0 Å². The highest BCUT2D eigenvalue weighted by Gasteiger charge is 2.07. The molecular formula is C18H23N3O3S. The third-order valence-corrected chi connectivity index (χ3v) is 4.21. The average Bonchev–Trinajstić information content (AvgIpc) is 2.58. The van der Waals surface area contributed by atoms with Gasteiger partial charge in [-0.25, -0.2) is 8.42 Å². The van der Waals surface area contributed by atoms with E-state index in [2.05, 4.69) is 14.9 Å². The molecule has 0 heterocycles. The Bertz CT molecular complexity index is 790. The molecule has 1 amide bonds. The molecule has 2 N–H and O–H groups in total. The summed E-state index contributed by atoms with van der Waals surface area (Å²) >= 11 is 0. The first kappa shape index (κ1) is 18.8. The van der Waals surface area contributed by atoms with Gasteiger partial charge in [-0.15, -0.1) is 0 Å². The number of hydrogen-bond acceptors (Lipinski definition) is 4. The summed E-state index contributed by atoms with van der Waals surface area (Å²) in [5.41, 5.74) is 2.07. The van der Waals surface area contributed by atoms with Crippen molar-refractivity contribution in [1.82, 2.24) is 5.32 Å². The molecule has 7 heteroatoms. The smallest absolute Gasteiger partial charge is 0.251 e. The van der Waals surface area contributed by atoms with Gasteiger partial charge >= 0.3 is 0 Å². The number of para-hydroxylation sites is 1. The van der Waals surface area contributed by atoms with E-state index in [0.717, 1.165) is 24.9 Å². The molecule has 0 radical (unpaired) electrons. The Morgan fingerprint density at radius 2 is 1.68 bits per heavy atom. The van der Waals surface area contributed by atoms with Gasteiger partial charge in [0.05, 0.1) is 6.26 Å². The van der Waals surface area contributed by atoms with Crippen LogP contribution < -0.4 is 14.9 Å². The second-order valence-electron chi connectivity index (χ2n) is 5.82. The number of benzene rings is 2. The van der Waals surface area contributed by atoms with Crippen LogP contribution in [0.3, 0.4) is 0 Å². The lowest BCUT2D eigenvalue weighted by molar-refractivity contribution is 0.0953. The summed E-state index contributed by atoms with van der Waals surface area (Å²) in [6.45, 7) is 1.40. The average molecular weight is 361 g/mol. The fourth-order valence-electron chi connectivity index (χ4n) is 2.34. The van der Waals surface area contributed by atoms with Crippen molar-refractivity contribution < 1.29 is 13.2 Å². The van der Waals surface area contributed by atoms with Crippen LogP contribution in [-0.4, -0.2) is 40.7 Å². The zero-order valence-electron chi connectivity index (χ0n) is 14.4. The zero-order chi connectivity index (χ0) is 18.3. The van der Waals surface area contributed by atoms with Crippen LogP contribution in [0, 0.1) is 0 Å². The van der Waals surface area contributed by atoms with E-state index in [1.165, 1.54) is 0 Å². The topological polar surface area (TPSA) is 78.5 Å². The number of carbonyl (C=O) groups excluding carboxylic acids is 1. The second kappa shape index (κ2) is 8.53. The van der Waals surface area contributed by atoms with Crippen LogP contribution in [0.4, 0.5) is 11.4 Å². The normalized spacial score (nSPS) is 11.0. The van der Waals surface area contributed by atoms with E-state index in [4.69, 9.17) is 0 Å². The van der Waals surface area contributed by atoms with Crippen LogP contribution in [0.5, 0.6) is 0 Å². The maximum Gasteiger partial charge on any atom is 0.251 e. The van der Waals surface area contributed by atoms with Crippen molar-refractivity contribution in [2.45, 2.75) is 6.42 Å². The van der Waals surface area contributed by atoms with Crippen molar-refractivity contribution >= 4 is 27.3 Å². The Morgan fingerprint density at radius 1 is 1.04 bits per heavy atom. The number of amides is 1. The number of anilines is 2. The fraction of sp³-hybridized carbons (Fsp3) is 0.278. The standard InChI is InChI=1S/C18H23N3O3S/c1-21(17-7-4-3-5-8-17)14-6-13-19-18(22)15-9-11-16(12-10-15)20-25(2,23)24/h3-5,7-12,20H,6,13-14H2,1-2H3,(H,19,22). The minimum absolute atomic E-state index is 0.173. The Morgan fingerprint density at radius 3 is 2.28 bits per heavy atom. The third-order valence-electron chi connectivity index (χ3n) is 3.60. The molecule has 0 spiro atoms. The zero-order valence-corrected chi connectivity index (χ0v) is 15.2. The highest BCUT2D eigenvalue weighted by molar-refractivity contribution is 7.92. The van der Waals surface area contributed by atoms with Crippen molar-refractivity contribution in [2.75, 3.05) is 36.0 Å². The van der Waals surface area contributed by atoms with Crippen molar-refractivity contribution in [3.05, 3.63) is 60.2 Å². The van der Waals surface area contributed by atoms with Gasteiger partial charge in [0, 0.05) is 37.1 Å². The molecule has 134 valence electrons. The number of hydrogen-bond donors (Lipinski definition) is 2. The second-order valence-corrected chi connectivity index (χ2v) is 7.57. The first-order valence-electron chi connectivity index (χ1n) is 7.97. The van der Waals surface area contributed by atoms with Crippen molar-refractivity contribution in [1.29, 1.82) is 0 Å². The Hall–Kier alpha value is -2.54. The van der Waals surface area contributed by atoms with E-state index in [1.54, 1.807) is 24.3 Å². The van der Waals surface area contributed by atoms with Gasteiger partial charge in [-0.1, -0.05) is 18.2 Å². The lowest BCUT2D eigenvalue weighted by Crippen LogP contribution is -2.28. The van der Waals surface area contributed by atoms with Crippen LogP contribution in [-0.2, 0) is 10.0 Å². The lowest BCUT2D eigenvalue weighted by atomic mass is 10.2. The number of rotatable bonds is 8. The van der Waals surface area contributed by atoms with Gasteiger partial charge in [0.2, 0.25) is 10.0 Å². The van der Waals surface area contributed by atoms with E-state index in [1.807, 2.05) is 37.4 Å². The van der Waals surface area contributed by atoms with Crippen LogP contribution in [0.1, 0.15) is 16.8 Å². The number of nitrogens with zero attached hydrogens (tertiary/aromatic N) is 1. The molecule has 0 bridgehead atoms. The van der Waals surface area contributed by atoms with Crippen LogP contribution in [0.15, 0.2) is 54.6 Å². The largest absolute Gasteiger partial charge is 0.375 e. The van der Waals surface area contributed by atoms with Crippen LogP contribution in [0.2, 0.25) is 0 Å². The van der Waals surface area contributed by atoms with Gasteiger partial charge in [-0.3, -0.25) is 9.52 Å². The number of sulfonamides is 1. The maximum absolute atomic E-state index is 12.1. The van der Waals surface area contributed by atoms with Gasteiger partial charge in [-0.05, 0) is 42.8 Å². The minimum Gasteiger partial charge on any atom is -0.375 e. The van der Waals surface area contributed by atoms with E-state index in [9.17, 15) is 13.2 Å². The third kappa shape index (κ3) is 6.46. The Labute approximate surface area is 148 Å². The molecule has 6 nitrogen and oxygen atoms in total. The summed E-state index contributed by atoms with van der Waals surface area (Å²) in [5.74, 6) is -0.173. The molecule has 0 saturated carbocycles. The predicted octanol–water partition coefficient (Wildman–Crippen LogP) is 2.31. The highest BCUT2D eigenvalue weighted by atomic mass is 32.2. The number of nitrogens with one attached hydrogen (secondary N) is 2. The Kier molecular flexibility index (Phi) is 6.41. The van der Waals surface area contributed by atoms with E-state index in [-0.39, 0.29) is 5.91 Å². The summed E-state index contributed by atoms with van der Waals surface area (Å²) in [6, 6.07) is 16.4. The quantitative estimate of drug-likeness (QED) is 0.707. The molecule has 25 heavy (non-hydrogen) atoms. The van der Waals surface area contributed by atoms with E-state index < -0.39 is 10.0 Å². The van der Waals surface area contributed by atoms with Gasteiger partial charge in [0.1, 0.15) is 0 Å². The first-order chi connectivity index (χ1) is 11.8. The highest BCUT2D eigenvalue weighted by Crippen LogP contribution is 2.12. The molecule has 2 rings (SSSR count). The lowest BCUT2D eigenvalue weighted by Gasteiger charge is -2.19. The minimum atomic E-state index is -3.31. The molecule has 0 aliphatic carbocycles. The molecule has 0 aliphatic heterocycles. The predicted molar refractivity (Wildman–Crippen MR) is 102 cm³/mol. The molecule has 0 saturated heterocycles. The first-order valence-corrected chi connectivity index (χ1v) is 9.86. The molecule has 0 atom stereocenters. The molecule has 0 fully saturated rings. The molecule has 0 unspecified atom stereocenters. The SMILES string of the molecule is CN(CCCNC(=O)c1ccc(NS(C)(=O)=O)cc1)c1ccccc1. The van der Waals surface area contributed by atoms with Gasteiger partial charge < -0.3 is 10.2 Å². The molecule has 2 aromatic carbocycles. The van der Waals surface area contributed by atoms with Crippen LogP contribution in [0.25, 0.3) is 0 Å². The molecule has 0 aliphatic rings. The van der Waals surface area contributed by atoms with Crippen molar-refractivity contribution in [2.24, 2.45) is 0 Å². The summed E-state index contributed by atoms with van der Waals surface area (Å²) in [6.07, 6.45) is 1.91. The summed E-state index contributed by atoms with van der Waals surface area (Å²) in [7, 11) is -1.30. The summed E-state index contributed by atoms with van der Waals surface area (Å²) in [5, 5.41) is 2.87. The fourth-order valence-corrected chi connectivity index (χ4v) is 2.90. The molecular weight excluding hydrogens is 338 g/mol. The molecule has 2 aromatic rings. The number of carbonyl (C=O) groups is 1. The van der Waals surface area contributed by atoms with Gasteiger partial charge in [0.15, 0.2) is 0 Å². The van der Waals surface area contributed by atoms with Gasteiger partial charge in [0.25, 0.3) is 5.91 Å². The summed E-state index contributed by atoms with van der Waals surface area (Å²) < 4.78 is 24.7. The van der Waals surface area contributed by atoms with Crippen molar-refractivity contribution in [3.8, 4) is 0 Å². The van der Waals surface area contributed by atoms with E-state index in [0.29, 0.717) is 17.8 Å².